The monoisotopic (exact) mass is 254 g/mol. The molecule has 0 fully saturated rings. The number of aliphatic hydroxyl groups excluding tert-OH is 1. The van der Waals surface area contributed by atoms with Crippen LogP contribution in [0.3, 0.4) is 0 Å². The number of benzene rings is 1. The fraction of sp³-hybridized carbons (Fsp3) is 0.462. The summed E-state index contributed by atoms with van der Waals surface area (Å²) in [5.74, 6) is 0.628. The van der Waals surface area contributed by atoms with Crippen LogP contribution in [0.15, 0.2) is 29.2 Å². The van der Waals surface area contributed by atoms with E-state index in [1.807, 2.05) is 25.1 Å². The standard InChI is InChI=1S/C13H18O3S/c1-3-16-8-12(15)9-17-13-6-4-5-11(7-13)10(2)14/h4-7,12,15H,3,8-9H2,1-2H3. The van der Waals surface area contributed by atoms with Crippen LogP contribution in [0, 0.1) is 0 Å². The molecule has 4 heteroatoms. The number of ketones is 1. The number of rotatable bonds is 7. The Morgan fingerprint density at radius 1 is 1.53 bits per heavy atom. The summed E-state index contributed by atoms with van der Waals surface area (Å²) in [7, 11) is 0. The number of hydrogen-bond acceptors (Lipinski definition) is 4. The maximum absolute atomic E-state index is 11.2. The molecule has 1 N–H and O–H groups in total. The van der Waals surface area contributed by atoms with Crippen LogP contribution in [0.4, 0.5) is 0 Å². The molecule has 0 radical (unpaired) electrons. The minimum absolute atomic E-state index is 0.0577. The highest BCUT2D eigenvalue weighted by molar-refractivity contribution is 7.99. The number of ether oxygens (including phenoxy) is 1. The molecule has 1 aromatic rings. The highest BCUT2D eigenvalue weighted by atomic mass is 32.2. The summed E-state index contributed by atoms with van der Waals surface area (Å²) in [5, 5.41) is 9.61. The summed E-state index contributed by atoms with van der Waals surface area (Å²) < 4.78 is 5.13. The zero-order chi connectivity index (χ0) is 12.7. The third-order valence-electron chi connectivity index (χ3n) is 2.20. The van der Waals surface area contributed by atoms with E-state index in [4.69, 9.17) is 4.74 Å². The molecular weight excluding hydrogens is 236 g/mol. The van der Waals surface area contributed by atoms with Gasteiger partial charge in [-0.05, 0) is 26.0 Å². The summed E-state index contributed by atoms with van der Waals surface area (Å²) in [6.45, 7) is 4.42. The minimum Gasteiger partial charge on any atom is -0.390 e. The summed E-state index contributed by atoms with van der Waals surface area (Å²) in [6, 6.07) is 7.43. The van der Waals surface area contributed by atoms with Crippen LogP contribution in [0.25, 0.3) is 0 Å². The lowest BCUT2D eigenvalue weighted by molar-refractivity contribution is 0.0551. The van der Waals surface area contributed by atoms with Crippen molar-refractivity contribution in [3.05, 3.63) is 29.8 Å². The molecule has 1 unspecified atom stereocenters. The largest absolute Gasteiger partial charge is 0.390 e. The Morgan fingerprint density at radius 2 is 2.29 bits per heavy atom. The third kappa shape index (κ3) is 5.35. The van der Waals surface area contributed by atoms with Gasteiger partial charge in [-0.3, -0.25) is 4.79 Å². The van der Waals surface area contributed by atoms with Gasteiger partial charge in [0.05, 0.1) is 12.7 Å². The Kier molecular flexibility index (Phi) is 6.26. The van der Waals surface area contributed by atoms with Gasteiger partial charge in [-0.25, -0.2) is 0 Å². The highest BCUT2D eigenvalue weighted by Crippen LogP contribution is 2.20. The van der Waals surface area contributed by atoms with Crippen LogP contribution in [0.5, 0.6) is 0 Å². The van der Waals surface area contributed by atoms with Gasteiger partial charge < -0.3 is 9.84 Å². The van der Waals surface area contributed by atoms with E-state index < -0.39 is 6.10 Å². The van der Waals surface area contributed by atoms with Crippen LogP contribution in [0.2, 0.25) is 0 Å². The lowest BCUT2D eigenvalue weighted by Gasteiger charge is -2.10. The van der Waals surface area contributed by atoms with Crippen molar-refractivity contribution >= 4 is 17.5 Å². The fourth-order valence-corrected chi connectivity index (χ4v) is 2.17. The van der Waals surface area contributed by atoms with E-state index in [9.17, 15) is 9.90 Å². The molecule has 0 aromatic heterocycles. The molecule has 0 aliphatic carbocycles. The topological polar surface area (TPSA) is 46.5 Å². The quantitative estimate of drug-likeness (QED) is 0.599. The molecule has 3 nitrogen and oxygen atoms in total. The van der Waals surface area contributed by atoms with E-state index in [1.165, 1.54) is 11.8 Å². The van der Waals surface area contributed by atoms with Gasteiger partial charge >= 0.3 is 0 Å². The Labute approximate surface area is 106 Å². The normalized spacial score (nSPS) is 12.4. The molecule has 0 spiro atoms. The number of carbonyl (C=O) groups is 1. The van der Waals surface area contributed by atoms with E-state index >= 15 is 0 Å². The summed E-state index contributed by atoms with van der Waals surface area (Å²) in [4.78, 5) is 12.2. The van der Waals surface area contributed by atoms with Crippen LogP contribution < -0.4 is 0 Å². The lowest BCUT2D eigenvalue weighted by Crippen LogP contribution is -2.17. The number of aliphatic hydroxyl groups is 1. The van der Waals surface area contributed by atoms with Gasteiger partial charge in [-0.2, -0.15) is 0 Å². The lowest BCUT2D eigenvalue weighted by atomic mass is 10.2. The van der Waals surface area contributed by atoms with Crippen molar-refractivity contribution in [2.45, 2.75) is 24.8 Å². The Morgan fingerprint density at radius 3 is 2.94 bits per heavy atom. The molecule has 0 saturated carbocycles. The van der Waals surface area contributed by atoms with Crippen molar-refractivity contribution in [2.24, 2.45) is 0 Å². The van der Waals surface area contributed by atoms with Gasteiger partial charge in [0.2, 0.25) is 0 Å². The van der Waals surface area contributed by atoms with Crippen molar-refractivity contribution in [3.63, 3.8) is 0 Å². The predicted octanol–water partition coefficient (Wildman–Crippen LogP) is 2.38. The van der Waals surface area contributed by atoms with E-state index in [2.05, 4.69) is 0 Å². The zero-order valence-electron chi connectivity index (χ0n) is 10.2. The van der Waals surface area contributed by atoms with Crippen LogP contribution in [-0.2, 0) is 4.74 Å². The molecule has 1 rings (SSSR count). The predicted molar refractivity (Wildman–Crippen MR) is 69.7 cm³/mol. The van der Waals surface area contributed by atoms with Gasteiger partial charge in [-0.15, -0.1) is 11.8 Å². The summed E-state index contributed by atoms with van der Waals surface area (Å²) in [5.41, 5.74) is 0.703. The fourth-order valence-electron chi connectivity index (χ4n) is 1.30. The number of carbonyl (C=O) groups excluding carboxylic acids is 1. The van der Waals surface area contributed by atoms with Crippen molar-refractivity contribution < 1.29 is 14.6 Å². The molecule has 1 atom stereocenters. The van der Waals surface area contributed by atoms with Crippen LogP contribution >= 0.6 is 11.8 Å². The zero-order valence-corrected chi connectivity index (χ0v) is 11.0. The maximum Gasteiger partial charge on any atom is 0.159 e. The number of hydrogen-bond donors (Lipinski definition) is 1. The molecule has 0 heterocycles. The van der Waals surface area contributed by atoms with Gasteiger partial charge in [0.25, 0.3) is 0 Å². The first-order chi connectivity index (χ1) is 8.13. The van der Waals surface area contributed by atoms with Gasteiger partial charge in [-0.1, -0.05) is 12.1 Å². The minimum atomic E-state index is -0.471. The molecule has 94 valence electrons. The molecule has 0 saturated heterocycles. The molecule has 0 bridgehead atoms. The molecule has 1 aromatic carbocycles. The van der Waals surface area contributed by atoms with Crippen LogP contribution in [0.1, 0.15) is 24.2 Å². The van der Waals surface area contributed by atoms with Crippen molar-refractivity contribution in [2.75, 3.05) is 19.0 Å². The summed E-state index contributed by atoms with van der Waals surface area (Å²) >= 11 is 1.53. The van der Waals surface area contributed by atoms with Crippen molar-refractivity contribution in [1.82, 2.24) is 0 Å². The smallest absolute Gasteiger partial charge is 0.159 e. The van der Waals surface area contributed by atoms with Crippen molar-refractivity contribution in [1.29, 1.82) is 0 Å². The SMILES string of the molecule is CCOCC(O)CSc1cccc(C(C)=O)c1. The number of Topliss-reactive ketones (excluding diaryl/α,β-unsaturated/α-hetero) is 1. The first-order valence-corrected chi connectivity index (χ1v) is 6.61. The van der Waals surface area contributed by atoms with E-state index in [1.54, 1.807) is 13.0 Å². The summed E-state index contributed by atoms with van der Waals surface area (Å²) in [6.07, 6.45) is -0.471. The second kappa shape index (κ2) is 7.48. The number of thioether (sulfide) groups is 1. The molecule has 0 aliphatic rings. The van der Waals surface area contributed by atoms with Crippen LogP contribution in [-0.4, -0.2) is 36.0 Å². The average molecular weight is 254 g/mol. The molecular formula is C13H18O3S. The molecule has 0 amide bonds. The molecule has 0 aliphatic heterocycles. The average Bonchev–Trinajstić information content (AvgIpc) is 2.34. The van der Waals surface area contributed by atoms with E-state index in [-0.39, 0.29) is 5.78 Å². The maximum atomic E-state index is 11.2. The first-order valence-electron chi connectivity index (χ1n) is 5.63. The first kappa shape index (κ1) is 14.2. The second-order valence-electron chi connectivity index (χ2n) is 3.71. The Balaban J connectivity index is 2.46. The van der Waals surface area contributed by atoms with E-state index in [0.717, 1.165) is 4.90 Å². The van der Waals surface area contributed by atoms with Gasteiger partial charge in [0.1, 0.15) is 0 Å². The molecule has 17 heavy (non-hydrogen) atoms. The Bertz CT molecular complexity index is 365. The van der Waals surface area contributed by atoms with Gasteiger partial charge in [0.15, 0.2) is 5.78 Å². The third-order valence-corrected chi connectivity index (χ3v) is 3.34. The highest BCUT2D eigenvalue weighted by Gasteiger charge is 2.06. The Hall–Kier alpha value is -0.840. The van der Waals surface area contributed by atoms with Crippen molar-refractivity contribution in [3.8, 4) is 0 Å². The van der Waals surface area contributed by atoms with Gasteiger partial charge in [0, 0.05) is 22.8 Å². The second-order valence-corrected chi connectivity index (χ2v) is 4.80. The van der Waals surface area contributed by atoms with E-state index in [0.29, 0.717) is 24.5 Å².